The summed E-state index contributed by atoms with van der Waals surface area (Å²) in [5.74, 6) is 0.307. The summed E-state index contributed by atoms with van der Waals surface area (Å²) >= 11 is 3.28. The van der Waals surface area contributed by atoms with Crippen molar-refractivity contribution in [3.63, 3.8) is 0 Å². The van der Waals surface area contributed by atoms with Gasteiger partial charge < -0.3 is 5.11 Å². The SMILES string of the molecule is C[C@@H](Cc1ccccc1)[C@H](O)CBr. The fourth-order valence-corrected chi connectivity index (χ4v) is 1.91. The lowest BCUT2D eigenvalue weighted by Crippen LogP contribution is -2.20. The zero-order chi connectivity index (χ0) is 9.68. The Morgan fingerprint density at radius 2 is 1.92 bits per heavy atom. The van der Waals surface area contributed by atoms with Crippen molar-refractivity contribution < 1.29 is 5.11 Å². The number of hydrogen-bond acceptors (Lipinski definition) is 1. The number of aliphatic hydroxyl groups excluding tert-OH is 1. The number of halogens is 1. The van der Waals surface area contributed by atoms with Gasteiger partial charge >= 0.3 is 0 Å². The fraction of sp³-hybridized carbons (Fsp3) is 0.455. The third kappa shape index (κ3) is 3.49. The summed E-state index contributed by atoms with van der Waals surface area (Å²) < 4.78 is 0. The standard InChI is InChI=1S/C11H15BrO/c1-9(11(13)8-12)7-10-5-3-2-4-6-10/h2-6,9,11,13H,7-8H2,1H3/t9-,11+/m0/s1. The van der Waals surface area contributed by atoms with E-state index in [0.717, 1.165) is 6.42 Å². The molecule has 2 heteroatoms. The van der Waals surface area contributed by atoms with Crippen molar-refractivity contribution >= 4 is 15.9 Å². The molecule has 0 unspecified atom stereocenters. The Morgan fingerprint density at radius 1 is 1.31 bits per heavy atom. The summed E-state index contributed by atoms with van der Waals surface area (Å²) in [5.41, 5.74) is 1.29. The first-order valence-electron chi connectivity index (χ1n) is 4.52. The molecule has 0 fully saturated rings. The summed E-state index contributed by atoms with van der Waals surface area (Å²) in [7, 11) is 0. The first-order chi connectivity index (χ1) is 6.24. The predicted octanol–water partition coefficient (Wildman–Crippen LogP) is 2.62. The molecule has 0 radical (unpaired) electrons. The average molecular weight is 243 g/mol. The minimum atomic E-state index is -0.250. The predicted molar refractivity (Wildman–Crippen MR) is 59.1 cm³/mol. The molecule has 1 rings (SSSR count). The molecule has 1 aromatic carbocycles. The third-order valence-corrected chi connectivity index (χ3v) is 2.88. The van der Waals surface area contributed by atoms with Crippen LogP contribution in [0.15, 0.2) is 30.3 Å². The fourth-order valence-electron chi connectivity index (χ4n) is 1.27. The van der Waals surface area contributed by atoms with Crippen LogP contribution in [0.25, 0.3) is 0 Å². The van der Waals surface area contributed by atoms with Crippen LogP contribution in [0.1, 0.15) is 12.5 Å². The monoisotopic (exact) mass is 242 g/mol. The molecule has 0 aromatic heterocycles. The quantitative estimate of drug-likeness (QED) is 0.806. The van der Waals surface area contributed by atoms with E-state index in [4.69, 9.17) is 0 Å². The number of rotatable bonds is 4. The van der Waals surface area contributed by atoms with Crippen molar-refractivity contribution in [2.45, 2.75) is 19.4 Å². The highest BCUT2D eigenvalue weighted by Crippen LogP contribution is 2.13. The Labute approximate surface area is 87.9 Å². The van der Waals surface area contributed by atoms with E-state index in [9.17, 15) is 5.11 Å². The van der Waals surface area contributed by atoms with Crippen LogP contribution in [0.3, 0.4) is 0 Å². The largest absolute Gasteiger partial charge is 0.392 e. The van der Waals surface area contributed by atoms with Crippen LogP contribution in [0, 0.1) is 5.92 Å². The molecule has 1 nitrogen and oxygen atoms in total. The third-order valence-electron chi connectivity index (χ3n) is 2.22. The highest BCUT2D eigenvalue weighted by atomic mass is 79.9. The Kier molecular flexibility index (Phi) is 4.46. The molecule has 13 heavy (non-hydrogen) atoms. The summed E-state index contributed by atoms with van der Waals surface area (Å²) in [6.45, 7) is 2.07. The van der Waals surface area contributed by atoms with E-state index in [-0.39, 0.29) is 6.10 Å². The molecular formula is C11H15BrO. The zero-order valence-corrected chi connectivity index (χ0v) is 9.37. The molecule has 0 saturated carbocycles. The number of aliphatic hydroxyl groups is 1. The lowest BCUT2D eigenvalue weighted by atomic mass is 9.97. The van der Waals surface area contributed by atoms with Crippen molar-refractivity contribution in [3.8, 4) is 0 Å². The van der Waals surface area contributed by atoms with Gasteiger partial charge in [-0.3, -0.25) is 0 Å². The molecular weight excluding hydrogens is 228 g/mol. The van der Waals surface area contributed by atoms with Crippen LogP contribution in [0.4, 0.5) is 0 Å². The van der Waals surface area contributed by atoms with Crippen molar-refractivity contribution in [2.24, 2.45) is 5.92 Å². The van der Waals surface area contributed by atoms with Gasteiger partial charge in [0.25, 0.3) is 0 Å². The highest BCUT2D eigenvalue weighted by Gasteiger charge is 2.12. The first kappa shape index (κ1) is 10.7. The van der Waals surface area contributed by atoms with Crippen molar-refractivity contribution in [1.82, 2.24) is 0 Å². The Balaban J connectivity index is 2.50. The second-order valence-electron chi connectivity index (χ2n) is 3.39. The molecule has 0 amide bonds. The number of hydrogen-bond donors (Lipinski definition) is 1. The van der Waals surface area contributed by atoms with Gasteiger partial charge in [0.1, 0.15) is 0 Å². The lowest BCUT2D eigenvalue weighted by Gasteiger charge is -2.16. The van der Waals surface area contributed by atoms with E-state index in [1.807, 2.05) is 18.2 Å². The summed E-state index contributed by atoms with van der Waals surface area (Å²) in [6.07, 6.45) is 0.688. The van der Waals surface area contributed by atoms with Crippen molar-refractivity contribution in [2.75, 3.05) is 5.33 Å². The van der Waals surface area contributed by atoms with Gasteiger partial charge in [0.15, 0.2) is 0 Å². The minimum Gasteiger partial charge on any atom is -0.392 e. The molecule has 0 aliphatic rings. The Morgan fingerprint density at radius 3 is 2.46 bits per heavy atom. The second kappa shape index (κ2) is 5.40. The van der Waals surface area contributed by atoms with Gasteiger partial charge in [-0.15, -0.1) is 0 Å². The van der Waals surface area contributed by atoms with Gasteiger partial charge in [-0.1, -0.05) is 53.2 Å². The van der Waals surface area contributed by atoms with Crippen LogP contribution >= 0.6 is 15.9 Å². The normalized spacial score (nSPS) is 15.3. The number of alkyl halides is 1. The molecule has 1 N–H and O–H groups in total. The average Bonchev–Trinajstić information content (AvgIpc) is 2.18. The topological polar surface area (TPSA) is 20.2 Å². The maximum absolute atomic E-state index is 9.54. The maximum atomic E-state index is 9.54. The van der Waals surface area contributed by atoms with Gasteiger partial charge in [-0.05, 0) is 17.9 Å². The highest BCUT2D eigenvalue weighted by molar-refractivity contribution is 9.09. The van der Waals surface area contributed by atoms with Crippen LogP contribution in [-0.2, 0) is 6.42 Å². The van der Waals surface area contributed by atoms with Crippen LogP contribution in [0.2, 0.25) is 0 Å². The van der Waals surface area contributed by atoms with Gasteiger partial charge in [-0.2, -0.15) is 0 Å². The molecule has 72 valence electrons. The van der Waals surface area contributed by atoms with E-state index in [2.05, 4.69) is 35.0 Å². The van der Waals surface area contributed by atoms with Gasteiger partial charge in [0.2, 0.25) is 0 Å². The second-order valence-corrected chi connectivity index (χ2v) is 4.04. The molecule has 2 atom stereocenters. The smallest absolute Gasteiger partial charge is 0.0665 e. The summed E-state index contributed by atoms with van der Waals surface area (Å²) in [4.78, 5) is 0. The molecule has 0 aliphatic heterocycles. The molecule has 0 aliphatic carbocycles. The Hall–Kier alpha value is -0.340. The van der Waals surface area contributed by atoms with E-state index >= 15 is 0 Å². The van der Waals surface area contributed by atoms with Crippen LogP contribution in [-0.4, -0.2) is 16.5 Å². The summed E-state index contributed by atoms with van der Waals surface area (Å²) in [5, 5.41) is 10.2. The molecule has 1 aromatic rings. The maximum Gasteiger partial charge on any atom is 0.0665 e. The zero-order valence-electron chi connectivity index (χ0n) is 7.78. The minimum absolute atomic E-state index is 0.250. The molecule has 0 heterocycles. The molecule has 0 saturated heterocycles. The van der Waals surface area contributed by atoms with E-state index in [1.54, 1.807) is 0 Å². The van der Waals surface area contributed by atoms with Gasteiger partial charge in [-0.25, -0.2) is 0 Å². The Bertz CT molecular complexity index is 235. The molecule has 0 spiro atoms. The van der Waals surface area contributed by atoms with Crippen LogP contribution in [0.5, 0.6) is 0 Å². The van der Waals surface area contributed by atoms with E-state index < -0.39 is 0 Å². The van der Waals surface area contributed by atoms with Crippen molar-refractivity contribution in [3.05, 3.63) is 35.9 Å². The summed E-state index contributed by atoms with van der Waals surface area (Å²) in [6, 6.07) is 10.3. The van der Waals surface area contributed by atoms with E-state index in [1.165, 1.54) is 5.56 Å². The number of benzene rings is 1. The van der Waals surface area contributed by atoms with Gasteiger partial charge in [0.05, 0.1) is 6.10 Å². The van der Waals surface area contributed by atoms with Crippen LogP contribution < -0.4 is 0 Å². The van der Waals surface area contributed by atoms with Crippen molar-refractivity contribution in [1.29, 1.82) is 0 Å². The lowest BCUT2D eigenvalue weighted by molar-refractivity contribution is 0.141. The van der Waals surface area contributed by atoms with E-state index in [0.29, 0.717) is 11.2 Å². The van der Waals surface area contributed by atoms with Gasteiger partial charge in [0, 0.05) is 5.33 Å². The first-order valence-corrected chi connectivity index (χ1v) is 5.64. The molecule has 0 bridgehead atoms.